The van der Waals surface area contributed by atoms with E-state index in [1.807, 2.05) is 6.92 Å². The molecule has 7 nitrogen and oxygen atoms in total. The Morgan fingerprint density at radius 1 is 1.35 bits per heavy atom. The predicted molar refractivity (Wildman–Crippen MR) is 88.6 cm³/mol. The van der Waals surface area contributed by atoms with Gasteiger partial charge in [-0.15, -0.1) is 0 Å². The molecule has 1 aromatic carbocycles. The number of aromatic nitrogens is 2. The second kappa shape index (κ2) is 6.94. The monoisotopic (exact) mass is 369 g/mol. The molecule has 3 N–H and O–H groups in total. The predicted octanol–water partition coefficient (Wildman–Crippen LogP) is 2.07. The summed E-state index contributed by atoms with van der Waals surface area (Å²) >= 11 is 0. The van der Waals surface area contributed by atoms with Gasteiger partial charge in [0.2, 0.25) is 11.9 Å². The first-order valence-electron chi connectivity index (χ1n) is 8.06. The Kier molecular flexibility index (Phi) is 4.86. The fourth-order valence-corrected chi connectivity index (χ4v) is 2.71. The Morgan fingerprint density at radius 2 is 2.12 bits per heavy atom. The van der Waals surface area contributed by atoms with Gasteiger partial charge in [0.1, 0.15) is 11.8 Å². The number of nitrogens with one attached hydrogen (secondary N) is 3. The average Bonchev–Trinajstić information content (AvgIpc) is 2.54. The minimum absolute atomic E-state index is 0.111. The summed E-state index contributed by atoms with van der Waals surface area (Å²) < 4.78 is 44.1. The van der Waals surface area contributed by atoms with Gasteiger partial charge in [-0.25, -0.2) is 9.97 Å². The zero-order valence-corrected chi connectivity index (χ0v) is 14.1. The quantitative estimate of drug-likeness (QED) is 0.765. The molecule has 1 amide bonds. The molecule has 1 aliphatic rings. The molecule has 0 bridgehead atoms. The van der Waals surface area contributed by atoms with E-state index in [9.17, 15) is 18.0 Å². The summed E-state index contributed by atoms with van der Waals surface area (Å²) in [5.74, 6) is 0.0869. The highest BCUT2D eigenvalue weighted by molar-refractivity contribution is 5.83. The number of halogens is 3. The van der Waals surface area contributed by atoms with E-state index in [4.69, 9.17) is 4.74 Å². The lowest BCUT2D eigenvalue weighted by molar-refractivity contribution is -0.168. The van der Waals surface area contributed by atoms with Crippen LogP contribution in [-0.2, 0) is 4.79 Å². The number of alkyl halides is 3. The number of fused-ring (bicyclic) bond motifs is 1. The number of benzene rings is 1. The van der Waals surface area contributed by atoms with Gasteiger partial charge < -0.3 is 15.4 Å². The minimum atomic E-state index is -4.52. The molecule has 140 valence electrons. The molecule has 10 heteroatoms. The fraction of sp³-hybridized carbons (Fsp3) is 0.438. The second-order valence-electron chi connectivity index (χ2n) is 5.85. The van der Waals surface area contributed by atoms with E-state index < -0.39 is 30.8 Å². The van der Waals surface area contributed by atoms with Crippen LogP contribution in [0.25, 0.3) is 10.9 Å². The van der Waals surface area contributed by atoms with Crippen LogP contribution < -0.4 is 20.7 Å². The minimum Gasteiger partial charge on any atom is -0.494 e. The van der Waals surface area contributed by atoms with Gasteiger partial charge in [-0.05, 0) is 32.0 Å². The van der Waals surface area contributed by atoms with Crippen LogP contribution in [-0.4, -0.2) is 41.0 Å². The number of hydrogen-bond acceptors (Lipinski definition) is 6. The van der Waals surface area contributed by atoms with Gasteiger partial charge in [0, 0.05) is 5.39 Å². The first kappa shape index (κ1) is 18.2. The second-order valence-corrected chi connectivity index (χ2v) is 5.85. The first-order chi connectivity index (χ1) is 12.3. The molecule has 2 unspecified atom stereocenters. The van der Waals surface area contributed by atoms with Crippen molar-refractivity contribution in [2.75, 3.05) is 11.9 Å². The molecule has 2 atom stereocenters. The summed E-state index contributed by atoms with van der Waals surface area (Å²) in [7, 11) is 0. The molecule has 1 saturated heterocycles. The van der Waals surface area contributed by atoms with Crippen molar-refractivity contribution in [3.63, 3.8) is 0 Å². The third-order valence-electron chi connectivity index (χ3n) is 3.90. The summed E-state index contributed by atoms with van der Waals surface area (Å²) in [5.41, 5.74) is 1.24. The lowest BCUT2D eigenvalue weighted by atomic mass is 10.1. The van der Waals surface area contributed by atoms with Crippen molar-refractivity contribution >= 4 is 22.8 Å². The summed E-state index contributed by atoms with van der Waals surface area (Å²) in [6.45, 7) is 4.16. The molecule has 26 heavy (non-hydrogen) atoms. The van der Waals surface area contributed by atoms with E-state index in [1.54, 1.807) is 25.1 Å². The van der Waals surface area contributed by atoms with E-state index in [0.717, 1.165) is 5.39 Å². The molecule has 1 aliphatic heterocycles. The van der Waals surface area contributed by atoms with E-state index in [0.29, 0.717) is 23.6 Å². The molecule has 2 aromatic rings. The lowest BCUT2D eigenvalue weighted by Crippen LogP contribution is -2.63. The SMILES string of the molecule is CCOc1ccc2nc(NC3NC(=O)CC(C(F)(F)F)N3)nc(C)c2c1. The van der Waals surface area contributed by atoms with Crippen LogP contribution in [0.3, 0.4) is 0 Å². The third kappa shape index (κ3) is 3.96. The summed E-state index contributed by atoms with van der Waals surface area (Å²) in [5, 5.41) is 8.16. The van der Waals surface area contributed by atoms with E-state index in [-0.39, 0.29) is 5.95 Å². The third-order valence-corrected chi connectivity index (χ3v) is 3.90. The Labute approximate surface area is 147 Å². The van der Waals surface area contributed by atoms with Crippen LogP contribution in [0.1, 0.15) is 19.0 Å². The van der Waals surface area contributed by atoms with Crippen molar-refractivity contribution in [2.45, 2.75) is 38.8 Å². The van der Waals surface area contributed by atoms with Crippen molar-refractivity contribution in [3.05, 3.63) is 23.9 Å². The molecule has 0 spiro atoms. The van der Waals surface area contributed by atoms with Gasteiger partial charge >= 0.3 is 6.18 Å². The van der Waals surface area contributed by atoms with E-state index in [2.05, 4.69) is 25.9 Å². The standard InChI is InChI=1S/C16H18F3N5O2/c1-3-26-9-4-5-11-10(6-9)8(2)20-14(21-11)24-15-22-12(16(17,18)19)7-13(25)23-15/h4-6,12,15,22H,3,7H2,1-2H3,(H,23,25)(H,20,21,24). The lowest BCUT2D eigenvalue weighted by Gasteiger charge is -2.32. The number of aryl methyl sites for hydroxylation is 1. The Balaban J connectivity index is 1.82. The molecular formula is C16H18F3N5O2. The van der Waals surface area contributed by atoms with E-state index in [1.165, 1.54) is 0 Å². The highest BCUT2D eigenvalue weighted by Crippen LogP contribution is 2.25. The molecule has 2 heterocycles. The first-order valence-corrected chi connectivity index (χ1v) is 8.06. The van der Waals surface area contributed by atoms with Gasteiger partial charge in [0.15, 0.2) is 6.29 Å². The van der Waals surface area contributed by atoms with Crippen molar-refractivity contribution in [3.8, 4) is 5.75 Å². The fourth-order valence-electron chi connectivity index (χ4n) is 2.71. The maximum Gasteiger partial charge on any atom is 0.404 e. The zero-order chi connectivity index (χ0) is 18.9. The van der Waals surface area contributed by atoms with Crippen LogP contribution in [0.2, 0.25) is 0 Å². The van der Waals surface area contributed by atoms with Gasteiger partial charge in [0.05, 0.1) is 24.2 Å². The summed E-state index contributed by atoms with van der Waals surface area (Å²) in [6.07, 6.45) is -6.31. The highest BCUT2D eigenvalue weighted by Gasteiger charge is 2.44. The number of nitrogens with zero attached hydrogens (tertiary/aromatic N) is 2. The van der Waals surface area contributed by atoms with Crippen LogP contribution in [0.15, 0.2) is 18.2 Å². The Bertz CT molecular complexity index is 827. The molecule has 0 radical (unpaired) electrons. The van der Waals surface area contributed by atoms with E-state index >= 15 is 0 Å². The van der Waals surface area contributed by atoms with Crippen molar-refractivity contribution in [1.82, 2.24) is 20.6 Å². The largest absolute Gasteiger partial charge is 0.494 e. The number of anilines is 1. The molecule has 1 fully saturated rings. The van der Waals surface area contributed by atoms with Gasteiger partial charge in [0.25, 0.3) is 0 Å². The maximum atomic E-state index is 12.9. The van der Waals surface area contributed by atoms with Crippen molar-refractivity contribution in [1.29, 1.82) is 0 Å². The number of carbonyl (C=O) groups excluding carboxylic acids is 1. The number of carbonyl (C=O) groups is 1. The van der Waals surface area contributed by atoms with Crippen LogP contribution in [0, 0.1) is 6.92 Å². The summed E-state index contributed by atoms with van der Waals surface area (Å²) in [4.78, 5) is 20.1. The zero-order valence-electron chi connectivity index (χ0n) is 14.1. The molecule has 0 saturated carbocycles. The van der Waals surface area contributed by atoms with Crippen molar-refractivity contribution in [2.24, 2.45) is 0 Å². The normalized spacial score (nSPS) is 20.7. The van der Waals surface area contributed by atoms with Crippen LogP contribution >= 0.6 is 0 Å². The highest BCUT2D eigenvalue weighted by atomic mass is 19.4. The van der Waals surface area contributed by atoms with Crippen LogP contribution in [0.4, 0.5) is 19.1 Å². The molecule has 3 rings (SSSR count). The van der Waals surface area contributed by atoms with Crippen molar-refractivity contribution < 1.29 is 22.7 Å². The Hall–Kier alpha value is -2.62. The van der Waals surface area contributed by atoms with Gasteiger partial charge in [-0.1, -0.05) is 0 Å². The number of rotatable bonds is 4. The number of hydrogen-bond donors (Lipinski definition) is 3. The van der Waals surface area contributed by atoms with Crippen LogP contribution in [0.5, 0.6) is 5.75 Å². The van der Waals surface area contributed by atoms with Gasteiger partial charge in [-0.3, -0.25) is 10.1 Å². The number of amides is 1. The molecule has 1 aromatic heterocycles. The Morgan fingerprint density at radius 3 is 2.81 bits per heavy atom. The maximum absolute atomic E-state index is 12.9. The molecular weight excluding hydrogens is 351 g/mol. The number of ether oxygens (including phenoxy) is 1. The summed E-state index contributed by atoms with van der Waals surface area (Å²) in [6, 6.07) is 3.37. The smallest absolute Gasteiger partial charge is 0.404 e. The molecule has 0 aliphatic carbocycles. The average molecular weight is 369 g/mol. The topological polar surface area (TPSA) is 88.2 Å². The van der Waals surface area contributed by atoms with Gasteiger partial charge in [-0.2, -0.15) is 13.2 Å².